The van der Waals surface area contributed by atoms with Crippen LogP contribution in [-0.2, 0) is 6.54 Å². The Hall–Kier alpha value is -4.41. The summed E-state index contributed by atoms with van der Waals surface area (Å²) in [7, 11) is 0. The SMILES string of the molecule is Cl.Cl.c1ccc2c(c1)CN(c1nc3ccc(C4=NCCN4)cc3[nH]1)/C2=N/c1nc2ccc(C3=NCCN3)cc2[nH]1. The van der Waals surface area contributed by atoms with E-state index in [4.69, 9.17) is 15.0 Å². The molecule has 0 saturated carbocycles. The highest BCUT2D eigenvalue weighted by molar-refractivity contribution is 6.14. The maximum absolute atomic E-state index is 5.01. The number of aromatic amines is 2. The second kappa shape index (κ2) is 10.3. The normalized spacial score (nSPS) is 16.8. The van der Waals surface area contributed by atoms with Crippen LogP contribution in [0.3, 0.4) is 0 Å². The van der Waals surface area contributed by atoms with Crippen LogP contribution in [0.2, 0.25) is 0 Å². The molecule has 3 aliphatic heterocycles. The number of imidazole rings is 2. The molecule has 5 aromatic rings. The number of halogens is 2. The summed E-state index contributed by atoms with van der Waals surface area (Å²) in [5.41, 5.74) is 8.03. The number of amidine groups is 3. The van der Waals surface area contributed by atoms with Crippen LogP contribution in [0.25, 0.3) is 22.1 Å². The number of aromatic nitrogens is 4. The molecule has 10 nitrogen and oxygen atoms in total. The smallest absolute Gasteiger partial charge is 0.229 e. The first-order valence-corrected chi connectivity index (χ1v) is 12.8. The van der Waals surface area contributed by atoms with Gasteiger partial charge in [0, 0.05) is 29.8 Å². The highest BCUT2D eigenvalue weighted by Crippen LogP contribution is 2.31. The van der Waals surface area contributed by atoms with E-state index in [1.54, 1.807) is 0 Å². The Morgan fingerprint density at radius 2 is 1.38 bits per heavy atom. The van der Waals surface area contributed by atoms with Crippen molar-refractivity contribution in [2.45, 2.75) is 6.54 Å². The molecule has 40 heavy (non-hydrogen) atoms. The van der Waals surface area contributed by atoms with Crippen LogP contribution in [0.1, 0.15) is 22.3 Å². The van der Waals surface area contributed by atoms with Gasteiger partial charge in [-0.3, -0.25) is 14.9 Å². The maximum Gasteiger partial charge on any atom is 0.229 e. The number of nitrogens with zero attached hydrogens (tertiary/aromatic N) is 6. The summed E-state index contributed by atoms with van der Waals surface area (Å²) in [6, 6.07) is 20.7. The molecule has 202 valence electrons. The first-order chi connectivity index (χ1) is 18.8. The first-order valence-electron chi connectivity index (χ1n) is 12.8. The molecule has 0 saturated heterocycles. The number of nitrogens with one attached hydrogen (secondary N) is 4. The third-order valence-corrected chi connectivity index (χ3v) is 7.14. The van der Waals surface area contributed by atoms with Gasteiger partial charge in [0.2, 0.25) is 11.9 Å². The topological polar surface area (TPSA) is 122 Å². The molecule has 3 aliphatic rings. The van der Waals surface area contributed by atoms with Crippen LogP contribution in [0.15, 0.2) is 75.6 Å². The third-order valence-electron chi connectivity index (χ3n) is 7.14. The van der Waals surface area contributed by atoms with E-state index in [1.807, 2.05) is 24.3 Å². The van der Waals surface area contributed by atoms with Gasteiger partial charge in [-0.15, -0.1) is 24.8 Å². The van der Waals surface area contributed by atoms with Gasteiger partial charge in [0.05, 0.1) is 41.7 Å². The fourth-order valence-electron chi connectivity index (χ4n) is 5.31. The van der Waals surface area contributed by atoms with Crippen molar-refractivity contribution < 1.29 is 0 Å². The van der Waals surface area contributed by atoms with Gasteiger partial charge in [0.25, 0.3) is 0 Å². The fraction of sp³-hybridized carbons (Fsp3) is 0.179. The minimum Gasteiger partial charge on any atom is -0.368 e. The molecular formula is C28H26Cl2N10. The summed E-state index contributed by atoms with van der Waals surface area (Å²) in [6.45, 7) is 4.04. The lowest BCUT2D eigenvalue weighted by atomic mass is 10.1. The Morgan fingerprint density at radius 1 is 0.725 bits per heavy atom. The Kier molecular flexibility index (Phi) is 6.65. The Balaban J connectivity index is 0.00000145. The van der Waals surface area contributed by atoms with Gasteiger partial charge in [-0.25, -0.2) is 9.97 Å². The van der Waals surface area contributed by atoms with E-state index in [9.17, 15) is 0 Å². The molecule has 0 aliphatic carbocycles. The van der Waals surface area contributed by atoms with Crippen LogP contribution in [0.4, 0.5) is 11.9 Å². The molecule has 4 N–H and O–H groups in total. The van der Waals surface area contributed by atoms with E-state index in [0.29, 0.717) is 12.5 Å². The van der Waals surface area contributed by atoms with Crippen LogP contribution < -0.4 is 15.5 Å². The van der Waals surface area contributed by atoms with E-state index in [-0.39, 0.29) is 24.8 Å². The average Bonchev–Trinajstić information content (AvgIpc) is 3.77. The molecule has 8 rings (SSSR count). The Bertz CT molecular complexity index is 1830. The largest absolute Gasteiger partial charge is 0.368 e. The van der Waals surface area contributed by atoms with Gasteiger partial charge in [-0.2, -0.15) is 4.99 Å². The predicted octanol–water partition coefficient (Wildman–Crippen LogP) is 4.08. The average molecular weight is 573 g/mol. The summed E-state index contributed by atoms with van der Waals surface area (Å²) in [5, 5.41) is 6.67. The molecule has 0 atom stereocenters. The number of hydrogen-bond acceptors (Lipinski definition) is 7. The zero-order valence-corrected chi connectivity index (χ0v) is 22.9. The highest BCUT2D eigenvalue weighted by Gasteiger charge is 2.29. The number of fused-ring (bicyclic) bond motifs is 3. The highest BCUT2D eigenvalue weighted by atomic mass is 35.5. The first kappa shape index (κ1) is 25.8. The van der Waals surface area contributed by atoms with E-state index < -0.39 is 0 Å². The Morgan fingerprint density at radius 3 is 2.05 bits per heavy atom. The minimum atomic E-state index is 0. The van der Waals surface area contributed by atoms with Gasteiger partial charge >= 0.3 is 0 Å². The summed E-state index contributed by atoms with van der Waals surface area (Å²) >= 11 is 0. The summed E-state index contributed by atoms with van der Waals surface area (Å²) < 4.78 is 0. The lowest BCUT2D eigenvalue weighted by Gasteiger charge is -2.15. The van der Waals surface area contributed by atoms with Crippen molar-refractivity contribution in [1.82, 2.24) is 30.6 Å². The zero-order chi connectivity index (χ0) is 25.1. The van der Waals surface area contributed by atoms with Crippen molar-refractivity contribution in [3.63, 3.8) is 0 Å². The molecule has 12 heteroatoms. The second-order valence-corrected chi connectivity index (χ2v) is 9.58. The van der Waals surface area contributed by atoms with E-state index in [1.165, 1.54) is 5.56 Å². The van der Waals surface area contributed by atoms with Crippen molar-refractivity contribution in [3.05, 3.63) is 82.9 Å². The molecule has 0 radical (unpaired) electrons. The summed E-state index contributed by atoms with van der Waals surface area (Å²) in [6.07, 6.45) is 0. The van der Waals surface area contributed by atoms with Gasteiger partial charge in [-0.05, 0) is 42.0 Å². The van der Waals surface area contributed by atoms with Crippen molar-refractivity contribution in [3.8, 4) is 0 Å². The zero-order valence-electron chi connectivity index (χ0n) is 21.3. The summed E-state index contributed by atoms with van der Waals surface area (Å²) in [4.78, 5) is 32.8. The maximum atomic E-state index is 5.01. The molecule has 0 amide bonds. The predicted molar refractivity (Wildman–Crippen MR) is 164 cm³/mol. The van der Waals surface area contributed by atoms with Crippen molar-refractivity contribution in [1.29, 1.82) is 0 Å². The Labute approximate surface area is 242 Å². The van der Waals surface area contributed by atoms with E-state index in [0.717, 1.165) is 88.4 Å². The number of aliphatic imine (C=N–C) groups is 3. The molecule has 2 aromatic heterocycles. The summed E-state index contributed by atoms with van der Waals surface area (Å²) in [5.74, 6) is 3.97. The van der Waals surface area contributed by atoms with Crippen LogP contribution in [0.5, 0.6) is 0 Å². The number of rotatable bonds is 4. The van der Waals surface area contributed by atoms with Crippen molar-refractivity contribution >= 4 is 76.3 Å². The van der Waals surface area contributed by atoms with E-state index >= 15 is 0 Å². The lowest BCUT2D eigenvalue weighted by molar-refractivity contribution is 0.960. The van der Waals surface area contributed by atoms with Crippen LogP contribution in [-0.4, -0.2) is 63.6 Å². The van der Waals surface area contributed by atoms with Crippen LogP contribution >= 0.6 is 24.8 Å². The fourth-order valence-corrected chi connectivity index (χ4v) is 5.31. The molecule has 0 unspecified atom stereocenters. The molecule has 0 fully saturated rings. The third kappa shape index (κ3) is 4.35. The number of H-pyrrole nitrogens is 2. The van der Waals surface area contributed by atoms with Gasteiger partial charge in [0.1, 0.15) is 17.5 Å². The molecular weight excluding hydrogens is 547 g/mol. The standard InChI is InChI=1S/C28H24N10.2ClH/c1-2-4-19-18(3-1)15-38(28-35-21-8-6-17(14-23(21)36-28)25-31-11-12-32-25)26(19)37-27-33-20-7-5-16(13-22(20)34-27)24-29-9-10-30-24;;/h1-8,13-14H,9-12,15H2,(H,29,30)(H,31,32)(H,33,34)(H,35,36);2*1H/b37-26+;;. The van der Waals surface area contributed by atoms with Crippen molar-refractivity contribution in [2.75, 3.05) is 31.1 Å². The lowest BCUT2D eigenvalue weighted by Crippen LogP contribution is -2.25. The minimum absolute atomic E-state index is 0. The number of benzene rings is 3. The molecule has 5 heterocycles. The van der Waals surface area contributed by atoms with Gasteiger partial charge in [0.15, 0.2) is 0 Å². The van der Waals surface area contributed by atoms with Crippen molar-refractivity contribution in [2.24, 2.45) is 15.0 Å². The molecule has 3 aromatic carbocycles. The molecule has 0 bridgehead atoms. The van der Waals surface area contributed by atoms with Gasteiger partial charge < -0.3 is 20.6 Å². The van der Waals surface area contributed by atoms with Crippen LogP contribution in [0, 0.1) is 0 Å². The quantitative estimate of drug-likeness (QED) is 0.258. The second-order valence-electron chi connectivity index (χ2n) is 9.58. The number of anilines is 1. The number of hydrogen-bond donors (Lipinski definition) is 4. The monoisotopic (exact) mass is 572 g/mol. The molecule has 0 spiro atoms. The van der Waals surface area contributed by atoms with E-state index in [2.05, 4.69) is 71.9 Å². The van der Waals surface area contributed by atoms with Gasteiger partial charge in [-0.1, -0.05) is 24.3 Å².